The average molecular weight is 394 g/mol. The molecule has 1 aliphatic rings. The van der Waals surface area contributed by atoms with Gasteiger partial charge in [0.15, 0.2) is 0 Å². The summed E-state index contributed by atoms with van der Waals surface area (Å²) in [6, 6.07) is 3.30. The number of halogens is 2. The fourth-order valence-corrected chi connectivity index (χ4v) is 5.54. The van der Waals surface area contributed by atoms with Crippen molar-refractivity contribution < 1.29 is 13.2 Å². The maximum atomic E-state index is 12.6. The molecule has 0 amide bonds. The topological polar surface area (TPSA) is 72.4 Å². The largest absolute Gasteiger partial charge is 0.459 e. The summed E-state index contributed by atoms with van der Waals surface area (Å²) in [6.45, 7) is 0.711. The van der Waals surface area contributed by atoms with Crippen LogP contribution in [0.4, 0.5) is 0 Å². The Morgan fingerprint density at radius 3 is 2.65 bits per heavy atom. The van der Waals surface area contributed by atoms with E-state index in [-0.39, 0.29) is 22.9 Å². The van der Waals surface area contributed by atoms with Crippen LogP contribution in [0, 0.1) is 0 Å². The number of hydrogen-bond donors (Lipinski definition) is 0. The Kier molecular flexibility index (Phi) is 5.07. The second kappa shape index (κ2) is 6.90. The predicted octanol–water partition coefficient (Wildman–Crippen LogP) is 3.08. The fraction of sp³-hybridized carbons (Fsp3) is 0.385. The van der Waals surface area contributed by atoms with Crippen LogP contribution >= 0.6 is 34.5 Å². The summed E-state index contributed by atoms with van der Waals surface area (Å²) in [4.78, 5) is 7.94. The molecule has 3 heterocycles. The third-order valence-corrected chi connectivity index (χ3v) is 7.11. The van der Waals surface area contributed by atoms with E-state index >= 15 is 0 Å². The lowest BCUT2D eigenvalue weighted by atomic mass is 10.1. The molecule has 10 heteroatoms. The van der Waals surface area contributed by atoms with Gasteiger partial charge in [-0.25, -0.2) is 18.4 Å². The molecule has 0 aliphatic carbocycles. The van der Waals surface area contributed by atoms with Crippen molar-refractivity contribution in [3.05, 3.63) is 33.9 Å². The first-order valence-electron chi connectivity index (χ1n) is 6.85. The van der Waals surface area contributed by atoms with Gasteiger partial charge in [0.1, 0.15) is 10.3 Å². The molecule has 2 aromatic heterocycles. The molecule has 1 fully saturated rings. The van der Waals surface area contributed by atoms with Gasteiger partial charge < -0.3 is 4.74 Å². The molecule has 1 unspecified atom stereocenters. The Morgan fingerprint density at radius 1 is 1.26 bits per heavy atom. The van der Waals surface area contributed by atoms with Gasteiger partial charge in [-0.15, -0.1) is 11.3 Å². The van der Waals surface area contributed by atoms with E-state index in [4.69, 9.17) is 27.9 Å². The molecule has 0 bridgehead atoms. The van der Waals surface area contributed by atoms with Crippen molar-refractivity contribution in [1.29, 1.82) is 0 Å². The summed E-state index contributed by atoms with van der Waals surface area (Å²) >= 11 is 12.6. The summed E-state index contributed by atoms with van der Waals surface area (Å²) in [6.07, 6.45) is 4.03. The maximum Gasteiger partial charge on any atom is 0.316 e. The van der Waals surface area contributed by atoms with E-state index in [2.05, 4.69) is 9.97 Å². The van der Waals surface area contributed by atoms with Crippen molar-refractivity contribution in [1.82, 2.24) is 14.3 Å². The highest BCUT2D eigenvalue weighted by atomic mass is 35.5. The van der Waals surface area contributed by atoms with E-state index in [1.807, 2.05) is 0 Å². The molecule has 0 aromatic carbocycles. The molecule has 1 atom stereocenters. The SMILES string of the molecule is O=S(=O)(c1ccc(Cl)s1)N1CCCC(Oc2ncc(Cl)cn2)C1. The van der Waals surface area contributed by atoms with Crippen molar-refractivity contribution in [2.24, 2.45) is 0 Å². The van der Waals surface area contributed by atoms with Gasteiger partial charge in [0, 0.05) is 6.54 Å². The van der Waals surface area contributed by atoms with Gasteiger partial charge in [0.2, 0.25) is 0 Å². The number of nitrogens with zero attached hydrogens (tertiary/aromatic N) is 3. The van der Waals surface area contributed by atoms with Crippen LogP contribution in [-0.4, -0.2) is 41.9 Å². The molecule has 0 N–H and O–H groups in total. The average Bonchev–Trinajstić information content (AvgIpc) is 2.97. The first-order valence-corrected chi connectivity index (χ1v) is 9.86. The predicted molar refractivity (Wildman–Crippen MR) is 88.8 cm³/mol. The van der Waals surface area contributed by atoms with Crippen molar-refractivity contribution in [3.8, 4) is 6.01 Å². The molecule has 1 aliphatic heterocycles. The van der Waals surface area contributed by atoms with Crippen molar-refractivity contribution >= 4 is 44.6 Å². The molecular formula is C13H13Cl2N3O3S2. The van der Waals surface area contributed by atoms with Crippen LogP contribution in [0.5, 0.6) is 6.01 Å². The highest BCUT2D eigenvalue weighted by Crippen LogP contribution is 2.30. The third kappa shape index (κ3) is 3.95. The van der Waals surface area contributed by atoms with Crippen molar-refractivity contribution in [3.63, 3.8) is 0 Å². The maximum absolute atomic E-state index is 12.6. The number of hydrogen-bond acceptors (Lipinski definition) is 6. The second-order valence-corrected chi connectivity index (χ2v) is 9.30. The van der Waals surface area contributed by atoms with E-state index in [9.17, 15) is 8.42 Å². The Labute approximate surface area is 148 Å². The van der Waals surface area contributed by atoms with Gasteiger partial charge in [-0.1, -0.05) is 23.2 Å². The van der Waals surface area contributed by atoms with E-state index in [1.54, 1.807) is 6.07 Å². The monoisotopic (exact) mass is 393 g/mol. The van der Waals surface area contributed by atoms with Gasteiger partial charge in [0.25, 0.3) is 10.0 Å². The zero-order valence-electron chi connectivity index (χ0n) is 11.9. The zero-order chi connectivity index (χ0) is 16.4. The number of ether oxygens (including phenoxy) is 1. The van der Waals surface area contributed by atoms with Gasteiger partial charge in [-0.2, -0.15) is 4.31 Å². The Morgan fingerprint density at radius 2 is 2.00 bits per heavy atom. The lowest BCUT2D eigenvalue weighted by Crippen LogP contribution is -2.44. The van der Waals surface area contributed by atoms with Gasteiger partial charge in [-0.3, -0.25) is 0 Å². The Bertz CT molecular complexity index is 780. The standard InChI is InChI=1S/C13H13Cl2N3O3S2/c14-9-6-16-13(17-7-9)21-10-2-1-5-18(8-10)23(19,20)12-4-3-11(15)22-12/h3-4,6-7,10H,1-2,5,8H2. The fourth-order valence-electron chi connectivity index (χ4n) is 2.29. The smallest absolute Gasteiger partial charge is 0.316 e. The minimum absolute atomic E-state index is 0.192. The van der Waals surface area contributed by atoms with Crippen molar-refractivity contribution in [2.75, 3.05) is 13.1 Å². The number of piperidine rings is 1. The van der Waals surface area contributed by atoms with Crippen LogP contribution in [0.25, 0.3) is 0 Å². The molecule has 0 saturated carbocycles. The highest BCUT2D eigenvalue weighted by Gasteiger charge is 2.32. The van der Waals surface area contributed by atoms with E-state index < -0.39 is 10.0 Å². The lowest BCUT2D eigenvalue weighted by Gasteiger charge is -2.31. The van der Waals surface area contributed by atoms with Crippen molar-refractivity contribution in [2.45, 2.75) is 23.2 Å². The summed E-state index contributed by atoms with van der Waals surface area (Å²) in [5, 5.41) is 0.416. The lowest BCUT2D eigenvalue weighted by molar-refractivity contribution is 0.119. The summed E-state index contributed by atoms with van der Waals surface area (Å²) in [5.41, 5.74) is 0. The second-order valence-electron chi connectivity index (χ2n) is 4.99. The molecular weight excluding hydrogens is 381 g/mol. The number of sulfonamides is 1. The number of rotatable bonds is 4. The highest BCUT2D eigenvalue weighted by molar-refractivity contribution is 7.91. The normalized spacial score (nSPS) is 19.7. The minimum atomic E-state index is -3.55. The Balaban J connectivity index is 1.71. The van der Waals surface area contributed by atoms with Gasteiger partial charge >= 0.3 is 6.01 Å². The first-order chi connectivity index (χ1) is 10.9. The molecule has 124 valence electrons. The molecule has 23 heavy (non-hydrogen) atoms. The first kappa shape index (κ1) is 16.9. The van der Waals surface area contributed by atoms with Crippen LogP contribution in [0.2, 0.25) is 9.36 Å². The quantitative estimate of drug-likeness (QED) is 0.797. The number of aromatic nitrogens is 2. The van der Waals surface area contributed by atoms with Crippen LogP contribution in [0.15, 0.2) is 28.7 Å². The minimum Gasteiger partial charge on any atom is -0.459 e. The molecule has 3 rings (SSSR count). The van der Waals surface area contributed by atoms with Crippen LogP contribution in [0.3, 0.4) is 0 Å². The van der Waals surface area contributed by atoms with Gasteiger partial charge in [0.05, 0.1) is 28.3 Å². The summed E-state index contributed by atoms with van der Waals surface area (Å²) < 4.78 is 33.0. The molecule has 0 radical (unpaired) electrons. The van der Waals surface area contributed by atoms with Crippen LogP contribution in [-0.2, 0) is 10.0 Å². The van der Waals surface area contributed by atoms with E-state index in [0.717, 1.165) is 17.8 Å². The van der Waals surface area contributed by atoms with E-state index in [1.165, 1.54) is 22.8 Å². The van der Waals surface area contributed by atoms with Crippen LogP contribution < -0.4 is 4.74 Å². The zero-order valence-corrected chi connectivity index (χ0v) is 15.0. The molecule has 6 nitrogen and oxygen atoms in total. The molecule has 2 aromatic rings. The molecule has 0 spiro atoms. The van der Waals surface area contributed by atoms with Crippen LogP contribution in [0.1, 0.15) is 12.8 Å². The van der Waals surface area contributed by atoms with E-state index in [0.29, 0.717) is 22.3 Å². The summed E-state index contributed by atoms with van der Waals surface area (Å²) in [5.74, 6) is 0. The number of thiophene rings is 1. The van der Waals surface area contributed by atoms with Gasteiger partial charge in [-0.05, 0) is 25.0 Å². The summed E-state index contributed by atoms with van der Waals surface area (Å²) in [7, 11) is -3.55. The Hall–Kier alpha value is -0.930. The third-order valence-electron chi connectivity index (χ3n) is 3.35. The molecule has 1 saturated heterocycles.